The van der Waals surface area contributed by atoms with Gasteiger partial charge in [0, 0.05) is 17.7 Å². The van der Waals surface area contributed by atoms with Crippen LogP contribution in [0.3, 0.4) is 0 Å². The van der Waals surface area contributed by atoms with Crippen LogP contribution in [-0.4, -0.2) is 11.5 Å². The first-order valence-corrected chi connectivity index (χ1v) is 6.98. The van der Waals surface area contributed by atoms with E-state index in [4.69, 9.17) is 0 Å². The lowest BCUT2D eigenvalue weighted by Crippen LogP contribution is -2.25. The van der Waals surface area contributed by atoms with Crippen molar-refractivity contribution in [1.29, 1.82) is 0 Å². The van der Waals surface area contributed by atoms with E-state index in [0.29, 0.717) is 18.1 Å². The fraction of sp³-hybridized carbons (Fsp3) is 0.571. The number of nitrogens with one attached hydrogen (secondary N) is 1. The maximum Gasteiger partial charge on any atom is 0.416 e. The normalized spacial score (nSPS) is 20.6. The quantitative estimate of drug-likeness (QED) is 0.657. The fourth-order valence-corrected chi connectivity index (χ4v) is 2.64. The lowest BCUT2D eigenvalue weighted by Gasteiger charge is -2.22. The van der Waals surface area contributed by atoms with E-state index < -0.39 is 22.4 Å². The molecule has 0 aromatic heterocycles. The highest BCUT2D eigenvalue weighted by Gasteiger charge is 2.34. The van der Waals surface area contributed by atoms with Gasteiger partial charge >= 0.3 is 6.18 Å². The van der Waals surface area contributed by atoms with Gasteiger partial charge in [0.05, 0.1) is 10.5 Å². The van der Waals surface area contributed by atoms with Crippen LogP contribution in [0.15, 0.2) is 18.2 Å². The second kappa shape index (κ2) is 6.43. The van der Waals surface area contributed by atoms with Crippen molar-refractivity contribution in [3.8, 4) is 0 Å². The van der Waals surface area contributed by atoms with Gasteiger partial charge < -0.3 is 5.32 Å². The van der Waals surface area contributed by atoms with Gasteiger partial charge in [-0.2, -0.15) is 13.2 Å². The molecule has 1 saturated heterocycles. The molecule has 1 heterocycles. The Morgan fingerprint density at radius 1 is 1.19 bits per heavy atom. The summed E-state index contributed by atoms with van der Waals surface area (Å²) in [5, 5.41) is 14.3. The molecule has 0 amide bonds. The molecule has 0 aliphatic carbocycles. The van der Waals surface area contributed by atoms with Crippen molar-refractivity contribution in [1.82, 2.24) is 5.32 Å². The lowest BCUT2D eigenvalue weighted by molar-refractivity contribution is -0.386. The summed E-state index contributed by atoms with van der Waals surface area (Å²) in [5.74, 6) is 0. The highest BCUT2D eigenvalue weighted by atomic mass is 19.4. The molecule has 116 valence electrons. The molecule has 1 aromatic carbocycles. The zero-order chi connectivity index (χ0) is 15.5. The van der Waals surface area contributed by atoms with Crippen LogP contribution in [0.5, 0.6) is 0 Å². The molecule has 4 nitrogen and oxygen atoms in total. The Kier molecular flexibility index (Phi) is 4.82. The number of benzene rings is 1. The first-order chi connectivity index (χ1) is 9.89. The number of hydrogen-bond donors (Lipinski definition) is 1. The maximum absolute atomic E-state index is 12.7. The summed E-state index contributed by atoms with van der Waals surface area (Å²) in [6, 6.07) is 2.53. The van der Waals surface area contributed by atoms with E-state index in [1.807, 2.05) is 0 Å². The van der Waals surface area contributed by atoms with Crippen molar-refractivity contribution in [3.63, 3.8) is 0 Å². The number of hydrogen-bond acceptors (Lipinski definition) is 3. The van der Waals surface area contributed by atoms with E-state index in [9.17, 15) is 23.3 Å². The zero-order valence-electron chi connectivity index (χ0n) is 11.4. The molecule has 0 radical (unpaired) electrons. The van der Waals surface area contributed by atoms with Gasteiger partial charge in [0.1, 0.15) is 0 Å². The van der Waals surface area contributed by atoms with Crippen LogP contribution >= 0.6 is 0 Å². The van der Waals surface area contributed by atoms with Crippen LogP contribution in [-0.2, 0) is 6.18 Å². The highest BCUT2D eigenvalue weighted by molar-refractivity contribution is 5.46. The van der Waals surface area contributed by atoms with Gasteiger partial charge in [-0.05, 0) is 31.5 Å². The molecule has 0 bridgehead atoms. The van der Waals surface area contributed by atoms with Crippen LogP contribution in [0.25, 0.3) is 0 Å². The van der Waals surface area contributed by atoms with Gasteiger partial charge in [-0.25, -0.2) is 0 Å². The third-order valence-corrected chi connectivity index (χ3v) is 3.74. The number of nitro groups is 1. The third-order valence-electron chi connectivity index (χ3n) is 3.74. The van der Waals surface area contributed by atoms with Crippen LogP contribution in [0, 0.1) is 10.1 Å². The second-order valence-electron chi connectivity index (χ2n) is 5.24. The standard InChI is InChI=1S/C14H17F3N2O2/c15-14(16,17)10-6-7-11(13(9-10)19(20)21)12-5-3-1-2-4-8-18-12/h6-7,9,12,18H,1-5,8H2. The lowest BCUT2D eigenvalue weighted by atomic mass is 9.95. The Labute approximate surface area is 120 Å². The van der Waals surface area contributed by atoms with E-state index >= 15 is 0 Å². The Bertz CT molecular complexity index is 509. The third kappa shape index (κ3) is 3.93. The van der Waals surface area contributed by atoms with Crippen LogP contribution in [0.4, 0.5) is 18.9 Å². The molecule has 1 unspecified atom stereocenters. The van der Waals surface area contributed by atoms with Crippen molar-refractivity contribution in [2.45, 2.75) is 44.3 Å². The molecule has 1 fully saturated rings. The van der Waals surface area contributed by atoms with Gasteiger partial charge in [-0.3, -0.25) is 10.1 Å². The molecule has 1 atom stereocenters. The van der Waals surface area contributed by atoms with Crippen molar-refractivity contribution < 1.29 is 18.1 Å². The minimum atomic E-state index is -4.57. The number of halogens is 3. The topological polar surface area (TPSA) is 55.2 Å². The van der Waals surface area contributed by atoms with Crippen LogP contribution in [0.2, 0.25) is 0 Å². The Balaban J connectivity index is 2.35. The minimum Gasteiger partial charge on any atom is -0.310 e. The molecular formula is C14H17F3N2O2. The number of alkyl halides is 3. The van der Waals surface area contributed by atoms with Gasteiger partial charge in [0.25, 0.3) is 5.69 Å². The number of rotatable bonds is 2. The van der Waals surface area contributed by atoms with Crippen LogP contribution < -0.4 is 5.32 Å². The fourth-order valence-electron chi connectivity index (χ4n) is 2.64. The van der Waals surface area contributed by atoms with E-state index in [-0.39, 0.29) is 6.04 Å². The molecule has 1 aliphatic heterocycles. The van der Waals surface area contributed by atoms with E-state index in [0.717, 1.165) is 38.3 Å². The zero-order valence-corrected chi connectivity index (χ0v) is 11.4. The summed E-state index contributed by atoms with van der Waals surface area (Å²) < 4.78 is 38.1. The Hall–Kier alpha value is -1.63. The summed E-state index contributed by atoms with van der Waals surface area (Å²) in [6.45, 7) is 0.725. The molecule has 0 spiro atoms. The molecule has 2 rings (SSSR count). The van der Waals surface area contributed by atoms with E-state index in [1.165, 1.54) is 6.07 Å². The number of nitro benzene ring substituents is 1. The van der Waals surface area contributed by atoms with Crippen molar-refractivity contribution in [2.24, 2.45) is 0 Å². The summed E-state index contributed by atoms with van der Waals surface area (Å²) >= 11 is 0. The SMILES string of the molecule is O=[N+]([O-])c1cc(C(F)(F)F)ccc1C1CCCCCCN1. The van der Waals surface area contributed by atoms with E-state index in [2.05, 4.69) is 5.32 Å². The summed E-state index contributed by atoms with van der Waals surface area (Å²) in [4.78, 5) is 10.4. The van der Waals surface area contributed by atoms with E-state index in [1.54, 1.807) is 0 Å². The number of nitrogens with zero attached hydrogens (tertiary/aromatic N) is 1. The molecule has 21 heavy (non-hydrogen) atoms. The van der Waals surface area contributed by atoms with Crippen molar-refractivity contribution in [3.05, 3.63) is 39.4 Å². The average molecular weight is 302 g/mol. The minimum absolute atomic E-state index is 0.256. The molecule has 1 aromatic rings. The van der Waals surface area contributed by atoms with Gasteiger partial charge in [0.2, 0.25) is 0 Å². The Morgan fingerprint density at radius 2 is 1.90 bits per heavy atom. The van der Waals surface area contributed by atoms with Gasteiger partial charge in [-0.1, -0.05) is 19.3 Å². The predicted molar refractivity (Wildman–Crippen MR) is 71.9 cm³/mol. The van der Waals surface area contributed by atoms with Crippen molar-refractivity contribution in [2.75, 3.05) is 6.54 Å². The van der Waals surface area contributed by atoms with Crippen molar-refractivity contribution >= 4 is 5.69 Å². The van der Waals surface area contributed by atoms with Gasteiger partial charge in [0.15, 0.2) is 0 Å². The summed E-state index contributed by atoms with van der Waals surface area (Å²) in [5.41, 5.74) is -1.10. The maximum atomic E-state index is 12.7. The van der Waals surface area contributed by atoms with Crippen LogP contribution in [0.1, 0.15) is 49.3 Å². The molecule has 1 aliphatic rings. The largest absolute Gasteiger partial charge is 0.416 e. The smallest absolute Gasteiger partial charge is 0.310 e. The highest BCUT2D eigenvalue weighted by Crippen LogP contribution is 2.36. The average Bonchev–Trinajstić information content (AvgIpc) is 2.36. The predicted octanol–water partition coefficient (Wildman–Crippen LogP) is 4.21. The molecule has 1 N–H and O–H groups in total. The summed E-state index contributed by atoms with van der Waals surface area (Å²) in [6.07, 6.45) is 0.173. The monoisotopic (exact) mass is 302 g/mol. The first-order valence-electron chi connectivity index (χ1n) is 6.98. The summed E-state index contributed by atoms with van der Waals surface area (Å²) in [7, 11) is 0. The molecule has 0 saturated carbocycles. The molecular weight excluding hydrogens is 285 g/mol. The second-order valence-corrected chi connectivity index (χ2v) is 5.24. The first kappa shape index (κ1) is 15.8. The Morgan fingerprint density at radius 3 is 2.57 bits per heavy atom. The van der Waals surface area contributed by atoms with Gasteiger partial charge in [-0.15, -0.1) is 0 Å². The molecule has 7 heteroatoms.